The van der Waals surface area contributed by atoms with E-state index < -0.39 is 0 Å². The lowest BCUT2D eigenvalue weighted by atomic mass is 10.4. The summed E-state index contributed by atoms with van der Waals surface area (Å²) in [6, 6.07) is 4.19. The van der Waals surface area contributed by atoms with E-state index in [0.29, 0.717) is 22.4 Å². The van der Waals surface area contributed by atoms with Crippen molar-refractivity contribution in [3.63, 3.8) is 0 Å². The van der Waals surface area contributed by atoms with Crippen LogP contribution in [0.1, 0.15) is 4.88 Å². The number of halogens is 1. The summed E-state index contributed by atoms with van der Waals surface area (Å²) in [5.74, 6) is 0. The molecule has 0 bridgehead atoms. The van der Waals surface area contributed by atoms with E-state index in [9.17, 15) is 0 Å². The number of hydrogen-bond donors (Lipinski definition) is 1. The summed E-state index contributed by atoms with van der Waals surface area (Å²) in [5, 5.41) is 8.12. The Morgan fingerprint density at radius 2 is 2.37 bits per heavy atom. The van der Waals surface area contributed by atoms with Gasteiger partial charge in [-0.1, -0.05) is 5.21 Å². The van der Waals surface area contributed by atoms with Crippen molar-refractivity contribution in [3.05, 3.63) is 34.0 Å². The van der Waals surface area contributed by atoms with E-state index in [2.05, 4.69) is 53.3 Å². The quantitative estimate of drug-likeness (QED) is 0.611. The highest BCUT2D eigenvalue weighted by atomic mass is 79.9. The molecular weight excluding hydrogens is 328 g/mol. The molecule has 0 radical (unpaired) electrons. The minimum atomic E-state index is 0.560. The Morgan fingerprint density at radius 1 is 1.42 bits per heavy atom. The predicted molar refractivity (Wildman–Crippen MR) is 76.1 cm³/mol. The largest absolute Gasteiger partial charge is 0.360 e. The van der Waals surface area contributed by atoms with Crippen molar-refractivity contribution in [2.24, 2.45) is 0 Å². The molecule has 0 saturated heterocycles. The van der Waals surface area contributed by atoms with E-state index in [1.54, 1.807) is 22.2 Å². The Labute approximate surface area is 119 Å². The van der Waals surface area contributed by atoms with Crippen LogP contribution in [-0.4, -0.2) is 29.9 Å². The number of aromatic amines is 1. The van der Waals surface area contributed by atoms with Crippen LogP contribution in [-0.2, 0) is 6.54 Å². The van der Waals surface area contributed by atoms with Crippen LogP contribution < -0.4 is 0 Å². The van der Waals surface area contributed by atoms with E-state index in [4.69, 9.17) is 0 Å². The molecule has 0 amide bonds. The summed E-state index contributed by atoms with van der Waals surface area (Å²) < 4.78 is 3.69. The van der Waals surface area contributed by atoms with Gasteiger partial charge in [-0.3, -0.25) is 0 Å². The monoisotopic (exact) mass is 334 g/mol. The second-order valence-corrected chi connectivity index (χ2v) is 6.04. The standard InChI is InChI=1S/C11H7BrN6S/c12-9-4-14-10-11(15-9)18(17-16-10)5-6-3-7-8(19-6)1-2-13-7/h1-4,13H,5H2. The van der Waals surface area contributed by atoms with Gasteiger partial charge in [0.2, 0.25) is 5.65 Å². The zero-order chi connectivity index (χ0) is 12.8. The molecule has 4 rings (SSSR count). The van der Waals surface area contributed by atoms with E-state index in [0.717, 1.165) is 5.52 Å². The molecule has 1 N–H and O–H groups in total. The minimum Gasteiger partial charge on any atom is -0.360 e. The first-order valence-electron chi connectivity index (χ1n) is 5.57. The van der Waals surface area contributed by atoms with Crippen LogP contribution in [0.4, 0.5) is 0 Å². The van der Waals surface area contributed by atoms with Gasteiger partial charge < -0.3 is 4.98 Å². The smallest absolute Gasteiger partial charge is 0.221 e. The summed E-state index contributed by atoms with van der Waals surface area (Å²) in [5.41, 5.74) is 2.40. The number of nitrogens with one attached hydrogen (secondary N) is 1. The van der Waals surface area contributed by atoms with Gasteiger partial charge in [-0.05, 0) is 28.1 Å². The normalized spacial score (nSPS) is 11.6. The molecule has 0 aliphatic heterocycles. The highest BCUT2D eigenvalue weighted by Crippen LogP contribution is 2.25. The van der Waals surface area contributed by atoms with Crippen molar-refractivity contribution in [3.8, 4) is 0 Å². The van der Waals surface area contributed by atoms with Gasteiger partial charge in [-0.2, -0.15) is 0 Å². The third-order valence-corrected chi connectivity index (χ3v) is 4.26. The van der Waals surface area contributed by atoms with Gasteiger partial charge >= 0.3 is 0 Å². The fraction of sp³-hybridized carbons (Fsp3) is 0.0909. The number of H-pyrrole nitrogens is 1. The Bertz CT molecular complexity index is 847. The van der Waals surface area contributed by atoms with Gasteiger partial charge in [0.25, 0.3) is 0 Å². The molecule has 0 fully saturated rings. The number of fused-ring (bicyclic) bond motifs is 2. The van der Waals surface area contributed by atoms with E-state index in [1.807, 2.05) is 6.20 Å². The molecule has 0 atom stereocenters. The first-order chi connectivity index (χ1) is 9.29. The minimum absolute atomic E-state index is 0.560. The molecule has 0 aromatic carbocycles. The van der Waals surface area contributed by atoms with E-state index in [-0.39, 0.29) is 0 Å². The summed E-state index contributed by atoms with van der Waals surface area (Å²) >= 11 is 5.05. The van der Waals surface area contributed by atoms with Crippen LogP contribution in [0.3, 0.4) is 0 Å². The van der Waals surface area contributed by atoms with Crippen LogP contribution >= 0.6 is 27.3 Å². The van der Waals surface area contributed by atoms with Gasteiger partial charge in [0.1, 0.15) is 4.60 Å². The molecule has 4 heterocycles. The molecular formula is C11H7BrN6S. The van der Waals surface area contributed by atoms with Crippen molar-refractivity contribution in [2.45, 2.75) is 6.54 Å². The summed E-state index contributed by atoms with van der Waals surface area (Å²) in [4.78, 5) is 12.9. The van der Waals surface area contributed by atoms with Crippen molar-refractivity contribution in [1.29, 1.82) is 0 Å². The lowest BCUT2D eigenvalue weighted by Gasteiger charge is -1.98. The fourth-order valence-electron chi connectivity index (χ4n) is 1.97. The Hall–Kier alpha value is -1.80. The fourth-order valence-corrected chi connectivity index (χ4v) is 3.25. The van der Waals surface area contributed by atoms with Crippen LogP contribution in [0.5, 0.6) is 0 Å². The van der Waals surface area contributed by atoms with Crippen LogP contribution in [0.15, 0.2) is 29.1 Å². The maximum atomic E-state index is 4.36. The average Bonchev–Trinajstić information content (AvgIpc) is 3.04. The number of aromatic nitrogens is 6. The highest BCUT2D eigenvalue weighted by molar-refractivity contribution is 9.10. The topological polar surface area (TPSA) is 72.3 Å². The molecule has 0 aliphatic rings. The first kappa shape index (κ1) is 11.1. The number of nitrogens with zero attached hydrogens (tertiary/aromatic N) is 5. The molecule has 8 heteroatoms. The van der Waals surface area contributed by atoms with Crippen LogP contribution in [0.25, 0.3) is 21.5 Å². The number of hydrogen-bond acceptors (Lipinski definition) is 5. The third-order valence-electron chi connectivity index (χ3n) is 2.79. The SMILES string of the molecule is Brc1cnc2nnn(Cc3cc4[nH]ccc4s3)c2n1. The molecule has 0 saturated carbocycles. The summed E-state index contributed by atoms with van der Waals surface area (Å²) in [6.45, 7) is 0.648. The Kier molecular flexibility index (Phi) is 2.39. The summed E-state index contributed by atoms with van der Waals surface area (Å²) in [6.07, 6.45) is 3.56. The highest BCUT2D eigenvalue weighted by Gasteiger charge is 2.10. The third kappa shape index (κ3) is 1.83. The molecule has 0 unspecified atom stereocenters. The van der Waals surface area contributed by atoms with E-state index in [1.165, 1.54) is 9.58 Å². The second-order valence-electron chi connectivity index (χ2n) is 4.06. The number of thiophene rings is 1. The lowest BCUT2D eigenvalue weighted by Crippen LogP contribution is -2.01. The van der Waals surface area contributed by atoms with Crippen molar-refractivity contribution >= 4 is 48.8 Å². The number of rotatable bonds is 2. The molecule has 0 aliphatic carbocycles. The predicted octanol–water partition coefficient (Wildman–Crippen LogP) is 2.57. The molecule has 6 nitrogen and oxygen atoms in total. The van der Waals surface area contributed by atoms with Gasteiger partial charge in [-0.15, -0.1) is 16.4 Å². The van der Waals surface area contributed by atoms with Crippen LogP contribution in [0.2, 0.25) is 0 Å². The molecule has 94 valence electrons. The average molecular weight is 335 g/mol. The zero-order valence-corrected chi connectivity index (χ0v) is 11.9. The first-order valence-corrected chi connectivity index (χ1v) is 7.18. The molecule has 4 aromatic rings. The zero-order valence-electron chi connectivity index (χ0n) is 9.54. The summed E-state index contributed by atoms with van der Waals surface area (Å²) in [7, 11) is 0. The van der Waals surface area contributed by atoms with Gasteiger partial charge in [-0.25, -0.2) is 14.6 Å². The van der Waals surface area contributed by atoms with Crippen molar-refractivity contribution in [2.75, 3.05) is 0 Å². The molecule has 4 aromatic heterocycles. The van der Waals surface area contributed by atoms with E-state index >= 15 is 0 Å². The Morgan fingerprint density at radius 3 is 3.26 bits per heavy atom. The lowest BCUT2D eigenvalue weighted by molar-refractivity contribution is 0.670. The van der Waals surface area contributed by atoms with Gasteiger partial charge in [0, 0.05) is 11.1 Å². The van der Waals surface area contributed by atoms with Gasteiger partial charge in [0.05, 0.1) is 23.0 Å². The molecule has 0 spiro atoms. The maximum Gasteiger partial charge on any atom is 0.221 e. The second kappa shape index (κ2) is 4.10. The maximum absolute atomic E-state index is 4.36. The van der Waals surface area contributed by atoms with Gasteiger partial charge in [0.15, 0.2) is 5.65 Å². The van der Waals surface area contributed by atoms with Crippen molar-refractivity contribution in [1.82, 2.24) is 29.9 Å². The van der Waals surface area contributed by atoms with Crippen molar-refractivity contribution < 1.29 is 0 Å². The van der Waals surface area contributed by atoms with Crippen LogP contribution in [0, 0.1) is 0 Å². The molecule has 19 heavy (non-hydrogen) atoms. The Balaban J connectivity index is 1.78.